The number of hydrogen-bond acceptors (Lipinski definition) is 4. The summed E-state index contributed by atoms with van der Waals surface area (Å²) in [5, 5.41) is 19.7. The molecule has 2 atom stereocenters. The summed E-state index contributed by atoms with van der Waals surface area (Å²) in [6.45, 7) is 3.30. The fourth-order valence-electron chi connectivity index (χ4n) is 1.87. The lowest BCUT2D eigenvalue weighted by Gasteiger charge is -2.23. The van der Waals surface area contributed by atoms with Crippen LogP contribution in [0.25, 0.3) is 0 Å². The fraction of sp³-hybridized carbons (Fsp3) is 0.571. The Bertz CT molecular complexity index is 339. The highest BCUT2D eigenvalue weighted by Crippen LogP contribution is 2.14. The molecule has 0 fully saturated rings. The number of likely N-dealkylation sites (N-methyl/N-ethyl adjacent to an activating group) is 1. The van der Waals surface area contributed by atoms with Crippen molar-refractivity contribution in [2.24, 2.45) is 0 Å². The number of methoxy groups -OCH3 is 1. The number of ether oxygens (including phenoxy) is 1. The summed E-state index contributed by atoms with van der Waals surface area (Å²) in [4.78, 5) is 1.90. The van der Waals surface area contributed by atoms with Crippen LogP contribution in [0.15, 0.2) is 24.3 Å². The second-order valence-corrected chi connectivity index (χ2v) is 4.76. The number of aryl methyl sites for hydroxylation is 1. The maximum atomic E-state index is 10.1. The molecule has 2 N–H and O–H groups in total. The van der Waals surface area contributed by atoms with Gasteiger partial charge >= 0.3 is 0 Å². The maximum Gasteiger partial charge on any atom is 0.0916 e. The summed E-state index contributed by atoms with van der Waals surface area (Å²) < 4.78 is 4.87. The van der Waals surface area contributed by atoms with Crippen LogP contribution in [0, 0.1) is 6.92 Å². The monoisotopic (exact) mass is 253 g/mol. The minimum absolute atomic E-state index is 0.310. The van der Waals surface area contributed by atoms with Crippen molar-refractivity contribution in [3.05, 3.63) is 35.4 Å². The third kappa shape index (κ3) is 5.14. The van der Waals surface area contributed by atoms with Crippen LogP contribution in [0.1, 0.15) is 17.2 Å². The summed E-state index contributed by atoms with van der Waals surface area (Å²) in [5.74, 6) is 0. The number of benzene rings is 1. The van der Waals surface area contributed by atoms with Gasteiger partial charge in [-0.05, 0) is 19.5 Å². The highest BCUT2D eigenvalue weighted by Gasteiger charge is 2.13. The molecule has 2 unspecified atom stereocenters. The van der Waals surface area contributed by atoms with Gasteiger partial charge in [0, 0.05) is 20.2 Å². The molecule has 102 valence electrons. The van der Waals surface area contributed by atoms with E-state index in [-0.39, 0.29) is 0 Å². The standard InChI is InChI=1S/C14H23NO3/c1-11-4-6-12(7-5-11)14(17)9-15(2)8-13(16)10-18-3/h4-7,13-14,16-17H,8-10H2,1-3H3. The van der Waals surface area contributed by atoms with Crippen LogP contribution in [0.4, 0.5) is 0 Å². The second-order valence-electron chi connectivity index (χ2n) is 4.76. The zero-order chi connectivity index (χ0) is 13.5. The van der Waals surface area contributed by atoms with E-state index in [1.807, 2.05) is 43.1 Å². The highest BCUT2D eigenvalue weighted by molar-refractivity contribution is 5.23. The van der Waals surface area contributed by atoms with E-state index in [0.717, 1.165) is 5.56 Å². The summed E-state index contributed by atoms with van der Waals surface area (Å²) in [7, 11) is 3.43. The van der Waals surface area contributed by atoms with Crippen molar-refractivity contribution >= 4 is 0 Å². The maximum absolute atomic E-state index is 10.1. The predicted octanol–water partition coefficient (Wildman–Crippen LogP) is 0.968. The van der Waals surface area contributed by atoms with E-state index in [1.54, 1.807) is 7.11 Å². The van der Waals surface area contributed by atoms with Crippen LogP contribution in [-0.2, 0) is 4.74 Å². The van der Waals surface area contributed by atoms with E-state index >= 15 is 0 Å². The van der Waals surface area contributed by atoms with Crippen LogP contribution >= 0.6 is 0 Å². The van der Waals surface area contributed by atoms with Gasteiger partial charge in [-0.1, -0.05) is 29.8 Å². The molecule has 1 rings (SSSR count). The number of aliphatic hydroxyl groups is 2. The fourth-order valence-corrected chi connectivity index (χ4v) is 1.87. The van der Waals surface area contributed by atoms with Crippen molar-refractivity contribution in [2.45, 2.75) is 19.1 Å². The summed E-state index contributed by atoms with van der Waals surface area (Å²) in [6, 6.07) is 7.83. The van der Waals surface area contributed by atoms with E-state index in [9.17, 15) is 10.2 Å². The first kappa shape index (κ1) is 15.1. The van der Waals surface area contributed by atoms with Crippen LogP contribution < -0.4 is 0 Å². The molecular weight excluding hydrogens is 230 g/mol. The molecule has 0 bridgehead atoms. The van der Waals surface area contributed by atoms with Gasteiger partial charge in [-0.15, -0.1) is 0 Å². The molecule has 18 heavy (non-hydrogen) atoms. The van der Waals surface area contributed by atoms with Crippen molar-refractivity contribution in [3.63, 3.8) is 0 Å². The van der Waals surface area contributed by atoms with Crippen LogP contribution in [0.3, 0.4) is 0 Å². The first-order valence-corrected chi connectivity index (χ1v) is 6.13. The Morgan fingerprint density at radius 2 is 1.78 bits per heavy atom. The third-order valence-corrected chi connectivity index (χ3v) is 2.83. The molecule has 0 spiro atoms. The van der Waals surface area contributed by atoms with Gasteiger partial charge in [0.15, 0.2) is 0 Å². The smallest absolute Gasteiger partial charge is 0.0916 e. The van der Waals surface area contributed by atoms with E-state index in [0.29, 0.717) is 19.7 Å². The first-order chi connectivity index (χ1) is 8.52. The normalized spacial score (nSPS) is 14.8. The summed E-state index contributed by atoms with van der Waals surface area (Å²) in [6.07, 6.45) is -1.06. The quantitative estimate of drug-likeness (QED) is 0.760. The lowest BCUT2D eigenvalue weighted by molar-refractivity contribution is 0.0318. The van der Waals surface area contributed by atoms with E-state index in [2.05, 4.69) is 0 Å². The molecule has 0 saturated carbocycles. The Kier molecular flexibility index (Phi) is 6.29. The summed E-state index contributed by atoms with van der Waals surface area (Å²) in [5.41, 5.74) is 2.07. The van der Waals surface area contributed by atoms with Crippen molar-refractivity contribution in [1.29, 1.82) is 0 Å². The molecule has 0 aliphatic heterocycles. The number of nitrogens with zero attached hydrogens (tertiary/aromatic N) is 1. The average Bonchev–Trinajstić information content (AvgIpc) is 2.29. The Labute approximate surface area is 109 Å². The largest absolute Gasteiger partial charge is 0.389 e. The van der Waals surface area contributed by atoms with Gasteiger partial charge in [0.05, 0.1) is 18.8 Å². The molecule has 0 aromatic heterocycles. The van der Waals surface area contributed by atoms with Crippen molar-refractivity contribution in [1.82, 2.24) is 4.90 Å². The molecule has 0 saturated heterocycles. The van der Waals surface area contributed by atoms with Crippen molar-refractivity contribution in [3.8, 4) is 0 Å². The predicted molar refractivity (Wildman–Crippen MR) is 71.5 cm³/mol. The van der Waals surface area contributed by atoms with Gasteiger partial charge in [0.1, 0.15) is 0 Å². The molecule has 1 aromatic carbocycles. The zero-order valence-electron chi connectivity index (χ0n) is 11.3. The Balaban J connectivity index is 2.43. The van der Waals surface area contributed by atoms with Gasteiger partial charge < -0.3 is 19.8 Å². The lowest BCUT2D eigenvalue weighted by atomic mass is 10.1. The molecule has 1 aromatic rings. The highest BCUT2D eigenvalue weighted by atomic mass is 16.5. The Morgan fingerprint density at radius 3 is 2.33 bits per heavy atom. The van der Waals surface area contributed by atoms with Gasteiger partial charge in [-0.25, -0.2) is 0 Å². The molecule has 4 nitrogen and oxygen atoms in total. The molecule has 0 heterocycles. The Morgan fingerprint density at radius 1 is 1.17 bits per heavy atom. The summed E-state index contributed by atoms with van der Waals surface area (Å²) >= 11 is 0. The van der Waals surface area contributed by atoms with E-state index in [4.69, 9.17) is 4.74 Å². The average molecular weight is 253 g/mol. The third-order valence-electron chi connectivity index (χ3n) is 2.83. The van der Waals surface area contributed by atoms with E-state index in [1.165, 1.54) is 5.56 Å². The van der Waals surface area contributed by atoms with Gasteiger partial charge in [0.25, 0.3) is 0 Å². The SMILES string of the molecule is COCC(O)CN(C)CC(O)c1ccc(C)cc1. The Hall–Kier alpha value is -0.940. The lowest BCUT2D eigenvalue weighted by Crippen LogP contribution is -2.34. The van der Waals surface area contributed by atoms with Gasteiger partial charge in [-0.2, -0.15) is 0 Å². The zero-order valence-corrected chi connectivity index (χ0v) is 11.3. The molecule has 4 heteroatoms. The molecule has 0 aliphatic carbocycles. The van der Waals surface area contributed by atoms with Crippen molar-refractivity contribution < 1.29 is 14.9 Å². The van der Waals surface area contributed by atoms with Crippen LogP contribution in [-0.4, -0.2) is 55.1 Å². The van der Waals surface area contributed by atoms with Crippen molar-refractivity contribution in [2.75, 3.05) is 33.9 Å². The number of aliphatic hydroxyl groups excluding tert-OH is 2. The number of rotatable bonds is 7. The minimum Gasteiger partial charge on any atom is -0.389 e. The first-order valence-electron chi connectivity index (χ1n) is 6.13. The van der Waals surface area contributed by atoms with Gasteiger partial charge in [0.2, 0.25) is 0 Å². The van der Waals surface area contributed by atoms with Gasteiger partial charge in [-0.3, -0.25) is 0 Å². The van der Waals surface area contributed by atoms with E-state index < -0.39 is 12.2 Å². The molecule has 0 amide bonds. The van der Waals surface area contributed by atoms with Crippen LogP contribution in [0.5, 0.6) is 0 Å². The second kappa shape index (κ2) is 7.48. The van der Waals surface area contributed by atoms with Crippen LogP contribution in [0.2, 0.25) is 0 Å². The molecule has 0 radical (unpaired) electrons. The molecular formula is C14H23NO3. The number of hydrogen-bond donors (Lipinski definition) is 2. The topological polar surface area (TPSA) is 52.9 Å². The minimum atomic E-state index is -0.537. The molecule has 0 aliphatic rings.